The highest BCUT2D eigenvalue weighted by Crippen LogP contribution is 2.21. The Morgan fingerprint density at radius 1 is 1.00 bits per heavy atom. The molecule has 1 unspecified atom stereocenters. The van der Waals surface area contributed by atoms with Gasteiger partial charge >= 0.3 is 5.97 Å². The summed E-state index contributed by atoms with van der Waals surface area (Å²) in [5.41, 5.74) is -0.0657. The first-order valence-corrected chi connectivity index (χ1v) is 7.82. The molecule has 19 heavy (non-hydrogen) atoms. The van der Waals surface area contributed by atoms with E-state index in [1.807, 2.05) is 6.92 Å². The van der Waals surface area contributed by atoms with Crippen molar-refractivity contribution in [3.8, 4) is 0 Å². The second-order valence-corrected chi connectivity index (χ2v) is 6.34. The largest absolute Gasteiger partial charge is 0.465 e. The number of hydrogen-bond acceptors (Lipinski definition) is 3. The number of carbonyl (C=O) groups is 1. The fourth-order valence-corrected chi connectivity index (χ4v) is 2.42. The molecular formula is C16H30O3. The topological polar surface area (TPSA) is 35.5 Å². The van der Waals surface area contributed by atoms with E-state index >= 15 is 0 Å². The van der Waals surface area contributed by atoms with E-state index in [1.165, 1.54) is 12.8 Å². The van der Waals surface area contributed by atoms with Crippen molar-refractivity contribution >= 4 is 5.97 Å². The minimum absolute atomic E-state index is 0.0147. The third kappa shape index (κ3) is 7.56. The van der Waals surface area contributed by atoms with Crippen molar-refractivity contribution in [3.63, 3.8) is 0 Å². The second kappa shape index (κ2) is 8.57. The maximum absolute atomic E-state index is 11.8. The van der Waals surface area contributed by atoms with Crippen molar-refractivity contribution in [2.24, 2.45) is 5.92 Å². The Morgan fingerprint density at radius 3 is 2.37 bits per heavy atom. The van der Waals surface area contributed by atoms with Crippen LogP contribution < -0.4 is 0 Å². The van der Waals surface area contributed by atoms with Crippen molar-refractivity contribution < 1.29 is 14.3 Å². The molecule has 0 aromatic rings. The molecule has 1 rings (SSSR count). The molecule has 3 heteroatoms. The summed E-state index contributed by atoms with van der Waals surface area (Å²) in [6, 6.07) is 0. The summed E-state index contributed by atoms with van der Waals surface area (Å²) in [6.07, 6.45) is 8.60. The minimum Gasteiger partial charge on any atom is -0.465 e. The first-order chi connectivity index (χ1) is 9.01. The number of esters is 1. The molecule has 3 nitrogen and oxygen atoms in total. The van der Waals surface area contributed by atoms with Crippen LogP contribution in [0, 0.1) is 5.92 Å². The van der Waals surface area contributed by atoms with E-state index in [0.29, 0.717) is 6.61 Å². The second-order valence-electron chi connectivity index (χ2n) is 6.34. The van der Waals surface area contributed by atoms with Gasteiger partial charge in [0.1, 0.15) is 0 Å². The first-order valence-electron chi connectivity index (χ1n) is 7.82. The van der Waals surface area contributed by atoms with Crippen LogP contribution in [0.5, 0.6) is 0 Å². The zero-order chi connectivity index (χ0) is 14.1. The van der Waals surface area contributed by atoms with Gasteiger partial charge in [-0.15, -0.1) is 0 Å². The zero-order valence-corrected chi connectivity index (χ0v) is 12.9. The average molecular weight is 270 g/mol. The van der Waals surface area contributed by atoms with E-state index in [4.69, 9.17) is 9.47 Å². The van der Waals surface area contributed by atoms with Gasteiger partial charge in [-0.25, -0.2) is 0 Å². The number of hydrogen-bond donors (Lipinski definition) is 0. The Kier molecular flexibility index (Phi) is 7.44. The maximum atomic E-state index is 11.8. The minimum atomic E-state index is -0.0657. The van der Waals surface area contributed by atoms with Crippen LogP contribution in [0.1, 0.15) is 72.1 Å². The smallest absolute Gasteiger partial charge is 0.308 e. The molecule has 0 aliphatic carbocycles. The molecule has 0 bridgehead atoms. The number of ether oxygens (including phenoxy) is 2. The maximum Gasteiger partial charge on any atom is 0.308 e. The van der Waals surface area contributed by atoms with Gasteiger partial charge in [0, 0.05) is 6.61 Å². The quantitative estimate of drug-likeness (QED) is 0.622. The lowest BCUT2D eigenvalue weighted by molar-refractivity contribution is -0.148. The van der Waals surface area contributed by atoms with Crippen molar-refractivity contribution in [2.45, 2.75) is 77.7 Å². The van der Waals surface area contributed by atoms with Crippen LogP contribution in [-0.2, 0) is 14.3 Å². The molecule has 1 saturated heterocycles. The summed E-state index contributed by atoms with van der Waals surface area (Å²) in [5, 5.41) is 0. The summed E-state index contributed by atoms with van der Waals surface area (Å²) in [7, 11) is 0. The molecule has 1 aliphatic heterocycles. The van der Waals surface area contributed by atoms with Gasteiger partial charge in [0.15, 0.2) is 0 Å². The summed E-state index contributed by atoms with van der Waals surface area (Å²) < 4.78 is 11.3. The highest BCUT2D eigenvalue weighted by atomic mass is 16.5. The molecule has 0 radical (unpaired) electrons. The van der Waals surface area contributed by atoms with Crippen molar-refractivity contribution in [1.82, 2.24) is 0 Å². The predicted octanol–water partition coefficient (Wildman–Crippen LogP) is 4.10. The van der Waals surface area contributed by atoms with Gasteiger partial charge in [-0.05, 0) is 46.0 Å². The van der Waals surface area contributed by atoms with Crippen LogP contribution in [0.25, 0.3) is 0 Å². The number of cyclic esters (lactones) is 1. The van der Waals surface area contributed by atoms with Gasteiger partial charge < -0.3 is 9.47 Å². The fraction of sp³-hybridized carbons (Fsp3) is 0.938. The van der Waals surface area contributed by atoms with Gasteiger partial charge in [0.2, 0.25) is 0 Å². The Labute approximate surface area is 118 Å². The SMILES string of the molecule is CC1CCCC(C)(C)OCCCCCCCOC1=O. The molecule has 0 amide bonds. The molecule has 0 aromatic carbocycles. The van der Waals surface area contributed by atoms with E-state index in [2.05, 4.69) is 13.8 Å². The molecule has 0 saturated carbocycles. The van der Waals surface area contributed by atoms with E-state index in [1.54, 1.807) is 0 Å². The van der Waals surface area contributed by atoms with E-state index in [-0.39, 0.29) is 17.5 Å². The van der Waals surface area contributed by atoms with Gasteiger partial charge in [-0.3, -0.25) is 4.79 Å². The Balaban J connectivity index is 2.42. The van der Waals surface area contributed by atoms with Crippen molar-refractivity contribution in [2.75, 3.05) is 13.2 Å². The van der Waals surface area contributed by atoms with Crippen LogP contribution in [0.4, 0.5) is 0 Å². The van der Waals surface area contributed by atoms with E-state index in [0.717, 1.165) is 45.1 Å². The lowest BCUT2D eigenvalue weighted by Gasteiger charge is -2.25. The van der Waals surface area contributed by atoms with E-state index in [9.17, 15) is 4.79 Å². The normalized spacial score (nSPS) is 27.9. The molecule has 0 spiro atoms. The van der Waals surface area contributed by atoms with Gasteiger partial charge in [0.25, 0.3) is 0 Å². The monoisotopic (exact) mass is 270 g/mol. The third-order valence-electron chi connectivity index (χ3n) is 3.84. The zero-order valence-electron chi connectivity index (χ0n) is 12.9. The van der Waals surface area contributed by atoms with Crippen LogP contribution >= 0.6 is 0 Å². The van der Waals surface area contributed by atoms with Crippen molar-refractivity contribution in [3.05, 3.63) is 0 Å². The Bertz CT molecular complexity index is 261. The highest BCUT2D eigenvalue weighted by molar-refractivity contribution is 5.71. The van der Waals surface area contributed by atoms with Gasteiger partial charge in [0.05, 0.1) is 18.1 Å². The molecule has 1 fully saturated rings. The molecular weight excluding hydrogens is 240 g/mol. The lowest BCUT2D eigenvalue weighted by Crippen LogP contribution is -2.25. The fourth-order valence-electron chi connectivity index (χ4n) is 2.42. The average Bonchev–Trinajstić information content (AvgIpc) is 2.35. The van der Waals surface area contributed by atoms with E-state index < -0.39 is 0 Å². The summed E-state index contributed by atoms with van der Waals surface area (Å²) in [5.74, 6) is -0.0190. The standard InChI is InChI=1S/C16H30O3/c1-14-10-9-11-16(2,3)19-13-8-6-4-5-7-12-18-15(14)17/h14H,4-13H2,1-3H3. The summed E-state index contributed by atoms with van der Waals surface area (Å²) >= 11 is 0. The molecule has 1 aliphatic rings. The Hall–Kier alpha value is -0.570. The summed E-state index contributed by atoms with van der Waals surface area (Å²) in [4.78, 5) is 11.8. The molecule has 0 N–H and O–H groups in total. The molecule has 1 atom stereocenters. The van der Waals surface area contributed by atoms with Crippen LogP contribution in [-0.4, -0.2) is 24.8 Å². The third-order valence-corrected chi connectivity index (χ3v) is 3.84. The first kappa shape index (κ1) is 16.5. The van der Waals surface area contributed by atoms with Gasteiger partial charge in [-0.1, -0.05) is 26.2 Å². The van der Waals surface area contributed by atoms with Crippen LogP contribution in [0.15, 0.2) is 0 Å². The Morgan fingerprint density at radius 2 is 1.63 bits per heavy atom. The summed E-state index contributed by atoms with van der Waals surface area (Å²) in [6.45, 7) is 7.71. The van der Waals surface area contributed by atoms with Crippen LogP contribution in [0.2, 0.25) is 0 Å². The van der Waals surface area contributed by atoms with Crippen LogP contribution in [0.3, 0.4) is 0 Å². The molecule has 112 valence electrons. The number of carbonyl (C=O) groups excluding carboxylic acids is 1. The molecule has 0 aromatic heterocycles. The van der Waals surface area contributed by atoms with Gasteiger partial charge in [-0.2, -0.15) is 0 Å². The van der Waals surface area contributed by atoms with Crippen molar-refractivity contribution in [1.29, 1.82) is 0 Å². The molecule has 1 heterocycles. The lowest BCUT2D eigenvalue weighted by atomic mass is 9.96. The number of rotatable bonds is 0. The predicted molar refractivity (Wildman–Crippen MR) is 77.1 cm³/mol. The highest BCUT2D eigenvalue weighted by Gasteiger charge is 2.20.